The molecule has 1 aromatic carbocycles. The van der Waals surface area contributed by atoms with E-state index in [1.165, 1.54) is 11.3 Å². The first-order chi connectivity index (χ1) is 13.3. The Kier molecular flexibility index (Phi) is 5.85. The zero-order valence-electron chi connectivity index (χ0n) is 16.2. The minimum atomic E-state index is -0.618. The normalized spacial score (nSPS) is 11.4. The van der Waals surface area contributed by atoms with Gasteiger partial charge >= 0.3 is 5.69 Å². The molecule has 0 unspecified atom stereocenters. The summed E-state index contributed by atoms with van der Waals surface area (Å²) in [6.45, 7) is 10.2. The molecule has 0 bridgehead atoms. The maximum atomic E-state index is 13.7. The molecule has 0 N–H and O–H groups in total. The van der Waals surface area contributed by atoms with Gasteiger partial charge in [0.15, 0.2) is 0 Å². The summed E-state index contributed by atoms with van der Waals surface area (Å²) in [6, 6.07) is 3.13. The monoisotopic (exact) mass is 404 g/mol. The average Bonchev–Trinajstić information content (AvgIpc) is 2.93. The highest BCUT2D eigenvalue weighted by Crippen LogP contribution is 2.39. The summed E-state index contributed by atoms with van der Waals surface area (Å²) < 4.78 is 19.5. The van der Waals surface area contributed by atoms with Gasteiger partial charge in [-0.15, -0.1) is 11.3 Å². The van der Waals surface area contributed by atoms with Gasteiger partial charge in [-0.25, -0.2) is 9.37 Å². The fourth-order valence-electron chi connectivity index (χ4n) is 2.87. The highest BCUT2D eigenvalue weighted by atomic mass is 32.1. The number of aryl methyl sites for hydroxylation is 2. The van der Waals surface area contributed by atoms with E-state index in [9.17, 15) is 14.5 Å². The predicted molar refractivity (Wildman–Crippen MR) is 107 cm³/mol. The van der Waals surface area contributed by atoms with Crippen molar-refractivity contribution in [2.24, 2.45) is 0 Å². The zero-order valence-corrected chi connectivity index (χ0v) is 17.0. The van der Waals surface area contributed by atoms with E-state index >= 15 is 0 Å². The summed E-state index contributed by atoms with van der Waals surface area (Å²) in [4.78, 5) is 23.8. The van der Waals surface area contributed by atoms with Crippen LogP contribution in [0.5, 0.6) is 11.6 Å². The van der Waals surface area contributed by atoms with Crippen LogP contribution in [0.15, 0.2) is 18.2 Å². The van der Waals surface area contributed by atoms with Gasteiger partial charge in [0.2, 0.25) is 11.6 Å². The lowest BCUT2D eigenvalue weighted by Gasteiger charge is -2.17. The van der Waals surface area contributed by atoms with Gasteiger partial charge in [-0.2, -0.15) is 4.98 Å². The number of benzene rings is 1. The molecule has 2 heterocycles. The Balaban J connectivity index is 2.14. The first-order valence-electron chi connectivity index (χ1n) is 8.94. The van der Waals surface area contributed by atoms with E-state index < -0.39 is 10.7 Å². The number of halogens is 1. The van der Waals surface area contributed by atoms with Crippen molar-refractivity contribution in [3.05, 3.63) is 50.4 Å². The first kappa shape index (κ1) is 20.1. The molecule has 9 heteroatoms. The van der Waals surface area contributed by atoms with Gasteiger partial charge in [-0.05, 0) is 38.6 Å². The molecule has 0 atom stereocenters. The lowest BCUT2D eigenvalue weighted by Crippen LogP contribution is -2.23. The molecule has 0 aliphatic carbocycles. The molecular formula is C19H21FN4O3S. The van der Waals surface area contributed by atoms with Crippen LogP contribution in [0.25, 0.3) is 10.2 Å². The number of nitro benzene ring substituents is 1. The average molecular weight is 404 g/mol. The van der Waals surface area contributed by atoms with Crippen LogP contribution >= 0.6 is 11.3 Å². The quantitative estimate of drug-likeness (QED) is 0.408. The van der Waals surface area contributed by atoms with E-state index in [0.29, 0.717) is 17.8 Å². The van der Waals surface area contributed by atoms with Gasteiger partial charge in [-0.3, -0.25) is 15.0 Å². The van der Waals surface area contributed by atoms with Gasteiger partial charge in [0, 0.05) is 17.0 Å². The van der Waals surface area contributed by atoms with Crippen molar-refractivity contribution in [3.63, 3.8) is 0 Å². The molecule has 2 aromatic heterocycles. The Bertz CT molecular complexity index is 1030. The summed E-state index contributed by atoms with van der Waals surface area (Å²) >= 11 is 1.52. The maximum Gasteiger partial charge on any atom is 0.311 e. The third-order valence-electron chi connectivity index (χ3n) is 4.63. The molecule has 3 rings (SSSR count). The van der Waals surface area contributed by atoms with Gasteiger partial charge in [-0.1, -0.05) is 13.8 Å². The van der Waals surface area contributed by atoms with Crippen LogP contribution in [0.3, 0.4) is 0 Å². The predicted octanol–water partition coefficient (Wildman–Crippen LogP) is 4.99. The molecule has 7 nitrogen and oxygen atoms in total. The van der Waals surface area contributed by atoms with Crippen LogP contribution in [-0.2, 0) is 6.54 Å². The molecule has 28 heavy (non-hydrogen) atoms. The van der Waals surface area contributed by atoms with Crippen LogP contribution < -0.4 is 4.74 Å². The van der Waals surface area contributed by atoms with Crippen molar-refractivity contribution in [2.75, 3.05) is 13.1 Å². The van der Waals surface area contributed by atoms with Crippen molar-refractivity contribution in [1.29, 1.82) is 0 Å². The third-order valence-corrected chi connectivity index (χ3v) is 5.73. The van der Waals surface area contributed by atoms with E-state index in [0.717, 1.165) is 46.6 Å². The number of nitrogens with zero attached hydrogens (tertiary/aromatic N) is 4. The van der Waals surface area contributed by atoms with Crippen LogP contribution in [-0.4, -0.2) is 32.9 Å². The van der Waals surface area contributed by atoms with E-state index in [4.69, 9.17) is 4.74 Å². The maximum absolute atomic E-state index is 13.7. The lowest BCUT2D eigenvalue weighted by molar-refractivity contribution is -0.385. The summed E-state index contributed by atoms with van der Waals surface area (Å²) in [5.41, 5.74) is 0.631. The molecular weight excluding hydrogens is 383 g/mol. The van der Waals surface area contributed by atoms with E-state index in [2.05, 4.69) is 28.7 Å². The number of thiophene rings is 1. The number of rotatable bonds is 7. The molecule has 0 amide bonds. The Morgan fingerprint density at radius 3 is 2.61 bits per heavy atom. The molecule has 0 aliphatic heterocycles. The Morgan fingerprint density at radius 1 is 1.25 bits per heavy atom. The Hall–Kier alpha value is -2.65. The smallest absolute Gasteiger partial charge is 0.311 e. The van der Waals surface area contributed by atoms with Gasteiger partial charge in [0.25, 0.3) is 0 Å². The standard InChI is InChI=1S/C19H21FN4O3S/c1-5-23(6-2)10-16-21-18(17-11(3)12(4)28-19(17)22-16)27-15-9-13(20)7-8-14(15)24(25)26/h7-9H,5-6,10H2,1-4H3. The second kappa shape index (κ2) is 8.15. The Labute approximate surface area is 165 Å². The van der Waals surface area contributed by atoms with Gasteiger partial charge < -0.3 is 4.74 Å². The molecule has 148 valence electrons. The second-order valence-corrected chi connectivity index (χ2v) is 7.54. The number of hydrogen-bond donors (Lipinski definition) is 0. The number of aromatic nitrogens is 2. The molecule has 0 spiro atoms. The first-order valence-corrected chi connectivity index (χ1v) is 9.76. The Morgan fingerprint density at radius 2 is 1.96 bits per heavy atom. The number of hydrogen-bond acceptors (Lipinski definition) is 7. The van der Waals surface area contributed by atoms with Crippen molar-refractivity contribution in [2.45, 2.75) is 34.2 Å². The van der Waals surface area contributed by atoms with Gasteiger partial charge in [0.05, 0.1) is 16.9 Å². The highest BCUT2D eigenvalue weighted by Gasteiger charge is 2.22. The topological polar surface area (TPSA) is 81.4 Å². The van der Waals surface area contributed by atoms with Crippen molar-refractivity contribution in [3.8, 4) is 11.6 Å². The fourth-order valence-corrected chi connectivity index (χ4v) is 3.91. The molecule has 3 aromatic rings. The molecule has 0 saturated carbocycles. The lowest BCUT2D eigenvalue weighted by atomic mass is 10.2. The van der Waals surface area contributed by atoms with Gasteiger partial charge in [0.1, 0.15) is 16.5 Å². The number of ether oxygens (including phenoxy) is 1. The van der Waals surface area contributed by atoms with E-state index in [1.54, 1.807) is 0 Å². The van der Waals surface area contributed by atoms with Crippen LogP contribution in [0.2, 0.25) is 0 Å². The third kappa shape index (κ3) is 3.95. The van der Waals surface area contributed by atoms with E-state index in [1.807, 2.05) is 13.8 Å². The zero-order chi connectivity index (χ0) is 20.4. The molecule has 0 radical (unpaired) electrons. The molecule has 0 aliphatic rings. The van der Waals surface area contributed by atoms with Crippen molar-refractivity contribution >= 4 is 27.2 Å². The number of nitro groups is 1. The SMILES string of the molecule is CCN(CC)Cc1nc(Oc2cc(F)ccc2[N+](=O)[O-])c2c(C)c(C)sc2n1. The van der Waals surface area contributed by atoms with Crippen LogP contribution in [0.1, 0.15) is 30.1 Å². The molecule has 0 fully saturated rings. The second-order valence-electron chi connectivity index (χ2n) is 6.34. The van der Waals surface area contributed by atoms with Crippen LogP contribution in [0, 0.1) is 29.8 Å². The minimum Gasteiger partial charge on any atom is -0.431 e. The van der Waals surface area contributed by atoms with Crippen molar-refractivity contribution in [1.82, 2.24) is 14.9 Å². The summed E-state index contributed by atoms with van der Waals surface area (Å²) in [7, 11) is 0. The van der Waals surface area contributed by atoms with E-state index in [-0.39, 0.29) is 17.3 Å². The number of fused-ring (bicyclic) bond motifs is 1. The minimum absolute atomic E-state index is 0.179. The summed E-state index contributed by atoms with van der Waals surface area (Å²) in [6.07, 6.45) is 0. The molecule has 0 saturated heterocycles. The fraction of sp³-hybridized carbons (Fsp3) is 0.368. The summed E-state index contributed by atoms with van der Waals surface area (Å²) in [5, 5.41) is 12.0. The van der Waals surface area contributed by atoms with Crippen LogP contribution in [0.4, 0.5) is 10.1 Å². The van der Waals surface area contributed by atoms with Crippen molar-refractivity contribution < 1.29 is 14.1 Å². The highest BCUT2D eigenvalue weighted by molar-refractivity contribution is 7.18. The summed E-state index contributed by atoms with van der Waals surface area (Å²) in [5.74, 6) is -0.0243. The largest absolute Gasteiger partial charge is 0.431 e.